The third-order valence-corrected chi connectivity index (χ3v) is 3.96. The van der Waals surface area contributed by atoms with E-state index in [2.05, 4.69) is 25.1 Å². The Balaban J connectivity index is 1.82. The van der Waals surface area contributed by atoms with E-state index < -0.39 is 0 Å². The molecule has 0 atom stereocenters. The molecule has 6 nitrogen and oxygen atoms in total. The molecule has 0 aliphatic carbocycles. The van der Waals surface area contributed by atoms with Crippen LogP contribution in [0.4, 0.5) is 5.82 Å². The number of nitrogen functional groups attached to an aromatic ring is 1. The summed E-state index contributed by atoms with van der Waals surface area (Å²) in [5, 5.41) is 10.4. The SMILES string of the molecule is Cc1nc(SCc2nc(N)c3ccsc3n2)n[nH]1. The predicted octanol–water partition coefficient (Wildman–Crippen LogP) is 1.99. The Morgan fingerprint density at radius 2 is 2.28 bits per heavy atom. The lowest BCUT2D eigenvalue weighted by Crippen LogP contribution is -1.98. The highest BCUT2D eigenvalue weighted by Crippen LogP contribution is 2.25. The smallest absolute Gasteiger partial charge is 0.208 e. The summed E-state index contributed by atoms with van der Waals surface area (Å²) in [5.41, 5.74) is 5.88. The maximum Gasteiger partial charge on any atom is 0.208 e. The molecule has 0 saturated carbocycles. The van der Waals surface area contributed by atoms with Gasteiger partial charge >= 0.3 is 0 Å². The van der Waals surface area contributed by atoms with Gasteiger partial charge < -0.3 is 5.73 Å². The van der Waals surface area contributed by atoms with Crippen LogP contribution in [-0.4, -0.2) is 25.1 Å². The molecule has 0 unspecified atom stereocenters. The van der Waals surface area contributed by atoms with E-state index in [1.54, 1.807) is 11.3 Å². The first-order valence-corrected chi connectivity index (χ1v) is 7.10. The summed E-state index contributed by atoms with van der Waals surface area (Å²) in [6.45, 7) is 1.86. The number of rotatable bonds is 3. The topological polar surface area (TPSA) is 93.4 Å². The van der Waals surface area contributed by atoms with Crippen LogP contribution in [0.2, 0.25) is 0 Å². The molecular weight excluding hydrogens is 268 g/mol. The molecule has 92 valence electrons. The number of thioether (sulfide) groups is 1. The predicted molar refractivity (Wildman–Crippen MR) is 72.5 cm³/mol. The van der Waals surface area contributed by atoms with Crippen molar-refractivity contribution in [2.45, 2.75) is 17.8 Å². The molecule has 0 fully saturated rings. The summed E-state index contributed by atoms with van der Waals surface area (Å²) in [7, 11) is 0. The van der Waals surface area contributed by atoms with E-state index in [1.165, 1.54) is 11.8 Å². The molecule has 0 spiro atoms. The van der Waals surface area contributed by atoms with E-state index in [1.807, 2.05) is 18.4 Å². The lowest BCUT2D eigenvalue weighted by molar-refractivity contribution is 0.965. The molecule has 0 aliphatic rings. The van der Waals surface area contributed by atoms with Crippen LogP contribution in [0, 0.1) is 6.92 Å². The molecule has 0 bridgehead atoms. The summed E-state index contributed by atoms with van der Waals surface area (Å²) in [5.74, 6) is 2.64. The van der Waals surface area contributed by atoms with Gasteiger partial charge in [0.15, 0.2) is 0 Å². The Labute approximate surface area is 111 Å². The van der Waals surface area contributed by atoms with E-state index in [9.17, 15) is 0 Å². The van der Waals surface area contributed by atoms with Crippen molar-refractivity contribution < 1.29 is 0 Å². The van der Waals surface area contributed by atoms with Crippen molar-refractivity contribution in [3.63, 3.8) is 0 Å². The first-order chi connectivity index (χ1) is 8.72. The second kappa shape index (κ2) is 4.54. The van der Waals surface area contributed by atoms with Gasteiger partial charge in [-0.05, 0) is 18.4 Å². The van der Waals surface area contributed by atoms with Crippen molar-refractivity contribution >= 4 is 39.1 Å². The summed E-state index contributed by atoms with van der Waals surface area (Å²) in [6.07, 6.45) is 0. The van der Waals surface area contributed by atoms with Crippen LogP contribution in [0.25, 0.3) is 10.2 Å². The normalized spacial score (nSPS) is 11.2. The van der Waals surface area contributed by atoms with Gasteiger partial charge in [0.05, 0.1) is 11.1 Å². The summed E-state index contributed by atoms with van der Waals surface area (Å²) < 4.78 is 0. The van der Waals surface area contributed by atoms with Gasteiger partial charge in [0.2, 0.25) is 5.16 Å². The maximum absolute atomic E-state index is 5.88. The average molecular weight is 278 g/mol. The maximum atomic E-state index is 5.88. The number of anilines is 1. The van der Waals surface area contributed by atoms with Gasteiger partial charge in [0, 0.05) is 0 Å². The number of fused-ring (bicyclic) bond motifs is 1. The number of nitrogens with one attached hydrogen (secondary N) is 1. The van der Waals surface area contributed by atoms with Crippen molar-refractivity contribution in [3.05, 3.63) is 23.1 Å². The largest absolute Gasteiger partial charge is 0.383 e. The molecule has 0 amide bonds. The number of aromatic amines is 1. The van der Waals surface area contributed by atoms with Crippen molar-refractivity contribution in [2.24, 2.45) is 0 Å². The molecule has 0 aromatic carbocycles. The zero-order valence-corrected chi connectivity index (χ0v) is 11.2. The molecule has 3 aromatic heterocycles. The lowest BCUT2D eigenvalue weighted by Gasteiger charge is -2.00. The van der Waals surface area contributed by atoms with Gasteiger partial charge in [-0.2, -0.15) is 0 Å². The monoisotopic (exact) mass is 278 g/mol. The van der Waals surface area contributed by atoms with Gasteiger partial charge in [-0.1, -0.05) is 11.8 Å². The Morgan fingerprint density at radius 3 is 3.06 bits per heavy atom. The standard InChI is InChI=1S/C10H10N6S2/c1-5-12-10(16-15-5)18-4-7-13-8(11)6-2-3-17-9(6)14-7/h2-3H,4H2,1H3,(H2,11,13,14)(H,12,15,16). The van der Waals surface area contributed by atoms with Gasteiger partial charge in [0.25, 0.3) is 0 Å². The fraction of sp³-hybridized carbons (Fsp3) is 0.200. The van der Waals surface area contributed by atoms with Crippen LogP contribution in [0.1, 0.15) is 11.6 Å². The number of hydrogen-bond acceptors (Lipinski definition) is 7. The van der Waals surface area contributed by atoms with E-state index in [0.29, 0.717) is 22.6 Å². The van der Waals surface area contributed by atoms with Crippen molar-refractivity contribution in [2.75, 3.05) is 5.73 Å². The number of H-pyrrole nitrogens is 1. The fourth-order valence-corrected chi connectivity index (χ4v) is 2.99. The molecular formula is C10H10N6S2. The minimum atomic E-state index is 0.531. The van der Waals surface area contributed by atoms with Gasteiger partial charge in [0.1, 0.15) is 22.3 Å². The zero-order valence-electron chi connectivity index (χ0n) is 9.54. The Morgan fingerprint density at radius 1 is 1.39 bits per heavy atom. The first-order valence-electron chi connectivity index (χ1n) is 5.24. The molecule has 0 radical (unpaired) electrons. The highest BCUT2D eigenvalue weighted by molar-refractivity contribution is 7.98. The minimum absolute atomic E-state index is 0.531. The number of nitrogens with zero attached hydrogens (tertiary/aromatic N) is 4. The van der Waals surface area contributed by atoms with Crippen molar-refractivity contribution in [1.29, 1.82) is 0 Å². The number of nitrogens with two attached hydrogens (primary N) is 1. The number of thiophene rings is 1. The third-order valence-electron chi connectivity index (χ3n) is 2.31. The first kappa shape index (κ1) is 11.4. The molecule has 0 aliphatic heterocycles. The van der Waals surface area contributed by atoms with E-state index in [-0.39, 0.29) is 0 Å². The Hall–Kier alpha value is -1.67. The fourth-order valence-electron chi connectivity index (χ4n) is 1.50. The van der Waals surface area contributed by atoms with Gasteiger partial charge in [-0.25, -0.2) is 15.0 Å². The third kappa shape index (κ3) is 2.16. The van der Waals surface area contributed by atoms with Crippen LogP contribution in [0.3, 0.4) is 0 Å². The summed E-state index contributed by atoms with van der Waals surface area (Å²) >= 11 is 3.05. The van der Waals surface area contributed by atoms with Crippen LogP contribution in [0.15, 0.2) is 16.6 Å². The Bertz CT molecular complexity index is 689. The molecule has 3 aromatic rings. The van der Waals surface area contributed by atoms with Gasteiger partial charge in [-0.3, -0.25) is 5.10 Å². The Kier molecular flexibility index (Phi) is 2.88. The second-order valence-corrected chi connectivity index (χ2v) is 5.49. The lowest BCUT2D eigenvalue weighted by atomic mass is 10.4. The quantitative estimate of drug-likeness (QED) is 0.712. The van der Waals surface area contributed by atoms with E-state index >= 15 is 0 Å². The number of hydrogen-bond donors (Lipinski definition) is 2. The molecule has 0 saturated heterocycles. The van der Waals surface area contributed by atoms with Crippen LogP contribution >= 0.6 is 23.1 Å². The molecule has 3 heterocycles. The molecule has 3 rings (SSSR count). The van der Waals surface area contributed by atoms with Crippen molar-refractivity contribution in [1.82, 2.24) is 25.1 Å². The number of aromatic nitrogens is 5. The molecule has 8 heteroatoms. The van der Waals surface area contributed by atoms with Crippen LogP contribution in [-0.2, 0) is 5.75 Å². The van der Waals surface area contributed by atoms with Crippen LogP contribution < -0.4 is 5.73 Å². The average Bonchev–Trinajstić information content (AvgIpc) is 2.95. The second-order valence-electron chi connectivity index (χ2n) is 3.66. The van der Waals surface area contributed by atoms with Crippen LogP contribution in [0.5, 0.6) is 0 Å². The summed E-state index contributed by atoms with van der Waals surface area (Å²) in [4.78, 5) is 13.9. The van der Waals surface area contributed by atoms with Gasteiger partial charge in [-0.15, -0.1) is 16.4 Å². The summed E-state index contributed by atoms with van der Waals surface area (Å²) in [6, 6.07) is 1.94. The van der Waals surface area contributed by atoms with E-state index in [4.69, 9.17) is 5.73 Å². The highest BCUT2D eigenvalue weighted by atomic mass is 32.2. The molecule has 18 heavy (non-hydrogen) atoms. The zero-order chi connectivity index (χ0) is 12.5. The highest BCUT2D eigenvalue weighted by Gasteiger charge is 2.08. The minimum Gasteiger partial charge on any atom is -0.383 e. The number of aryl methyl sites for hydroxylation is 1. The molecule has 3 N–H and O–H groups in total. The van der Waals surface area contributed by atoms with E-state index in [0.717, 1.165) is 16.0 Å². The van der Waals surface area contributed by atoms with Crippen molar-refractivity contribution in [3.8, 4) is 0 Å².